The lowest BCUT2D eigenvalue weighted by molar-refractivity contribution is -0.134. The molecule has 0 saturated carbocycles. The molecule has 1 saturated heterocycles. The first-order valence-electron chi connectivity index (χ1n) is 12.9. The molecule has 4 aromatic rings. The first kappa shape index (κ1) is 28.8. The van der Waals surface area contributed by atoms with Crippen molar-refractivity contribution in [2.24, 2.45) is 0 Å². The average Bonchev–Trinajstić information content (AvgIpc) is 3.65. The third-order valence-electron chi connectivity index (χ3n) is 6.06. The molecule has 2 N–H and O–H groups in total. The van der Waals surface area contributed by atoms with E-state index in [1.807, 2.05) is 30.3 Å². The maximum atomic E-state index is 9.55. The molecule has 5 rings (SSSR count). The van der Waals surface area contributed by atoms with Gasteiger partial charge in [-0.1, -0.05) is 36.4 Å². The minimum Gasteiger partial charge on any atom is -0.493 e. The van der Waals surface area contributed by atoms with E-state index in [0.29, 0.717) is 36.3 Å². The standard InChI is InChI=1S/C26H27N3O2S.C4H4O4/c1-2-6-24(7-3-1)30-14-15-32-19-25-27-28-26(31-25)23-11-10-21-16-20(8-9-22(21)17-23)18-29-12-4-5-13-29;5-3(6)1-2-4(7)8/h1-3,6-11,16-17H,4-5,12-15,18-19H2;1-2H,(H,5,6)(H,7,8)/b;2-1+. The number of rotatable bonds is 11. The van der Waals surface area contributed by atoms with Gasteiger partial charge in [0.15, 0.2) is 0 Å². The van der Waals surface area contributed by atoms with E-state index in [0.717, 1.165) is 23.6 Å². The molecule has 208 valence electrons. The van der Waals surface area contributed by atoms with Gasteiger partial charge in [0.2, 0.25) is 11.8 Å². The van der Waals surface area contributed by atoms with Crippen LogP contribution in [0.2, 0.25) is 0 Å². The van der Waals surface area contributed by atoms with Crippen molar-refractivity contribution in [1.29, 1.82) is 0 Å². The Morgan fingerprint density at radius 3 is 2.35 bits per heavy atom. The largest absolute Gasteiger partial charge is 0.493 e. The number of aromatic nitrogens is 2. The summed E-state index contributed by atoms with van der Waals surface area (Å²) in [5, 5.41) is 26.5. The fourth-order valence-corrected chi connectivity index (χ4v) is 4.83. The minimum absolute atomic E-state index is 0.558. The van der Waals surface area contributed by atoms with Gasteiger partial charge in [0, 0.05) is 30.0 Å². The van der Waals surface area contributed by atoms with Crippen molar-refractivity contribution in [2.75, 3.05) is 25.4 Å². The molecule has 0 amide bonds. The lowest BCUT2D eigenvalue weighted by atomic mass is 10.0. The van der Waals surface area contributed by atoms with E-state index in [1.165, 1.54) is 42.3 Å². The number of hydrogen-bond donors (Lipinski definition) is 2. The van der Waals surface area contributed by atoms with Crippen molar-refractivity contribution < 1.29 is 29.0 Å². The summed E-state index contributed by atoms with van der Waals surface area (Å²) in [4.78, 5) is 21.6. The Morgan fingerprint density at radius 1 is 0.925 bits per heavy atom. The SMILES string of the molecule is O=C(O)/C=C/C(=O)O.c1ccc(OCCSCc2nnc(-c3ccc4cc(CN5CCCC5)ccc4c3)o2)cc1. The summed E-state index contributed by atoms with van der Waals surface area (Å²) in [6.07, 6.45) is 3.76. The van der Waals surface area contributed by atoms with Crippen molar-refractivity contribution in [2.45, 2.75) is 25.1 Å². The Morgan fingerprint density at radius 2 is 1.62 bits per heavy atom. The van der Waals surface area contributed by atoms with Crippen molar-refractivity contribution in [1.82, 2.24) is 15.1 Å². The number of carboxylic acids is 2. The summed E-state index contributed by atoms with van der Waals surface area (Å²) in [5.74, 6) is 1.14. The number of nitrogens with zero attached hydrogens (tertiary/aromatic N) is 3. The number of carbonyl (C=O) groups is 2. The normalized spacial score (nSPS) is 13.3. The van der Waals surface area contributed by atoms with Gasteiger partial charge in [-0.15, -0.1) is 22.0 Å². The van der Waals surface area contributed by atoms with Gasteiger partial charge in [0.25, 0.3) is 0 Å². The monoisotopic (exact) mass is 561 g/mol. The Labute approximate surface area is 236 Å². The maximum absolute atomic E-state index is 9.55. The van der Waals surface area contributed by atoms with Crippen LogP contribution in [0, 0.1) is 0 Å². The van der Waals surface area contributed by atoms with Gasteiger partial charge in [-0.3, -0.25) is 4.90 Å². The first-order valence-corrected chi connectivity index (χ1v) is 14.1. The highest BCUT2D eigenvalue weighted by atomic mass is 32.2. The molecular weight excluding hydrogens is 530 g/mol. The van der Waals surface area contributed by atoms with Crippen LogP contribution in [-0.4, -0.2) is 62.7 Å². The van der Waals surface area contributed by atoms with Gasteiger partial charge in [-0.05, 0) is 72.6 Å². The number of thioether (sulfide) groups is 1. The van der Waals surface area contributed by atoms with Gasteiger partial charge in [0.05, 0.1) is 12.4 Å². The highest BCUT2D eigenvalue weighted by molar-refractivity contribution is 7.98. The van der Waals surface area contributed by atoms with Crippen LogP contribution in [0.4, 0.5) is 0 Å². The van der Waals surface area contributed by atoms with Gasteiger partial charge in [-0.2, -0.15) is 0 Å². The average molecular weight is 562 g/mol. The highest BCUT2D eigenvalue weighted by Gasteiger charge is 2.13. The second kappa shape index (κ2) is 14.9. The van der Waals surface area contributed by atoms with Gasteiger partial charge in [-0.25, -0.2) is 9.59 Å². The van der Waals surface area contributed by atoms with E-state index in [2.05, 4.69) is 51.5 Å². The van der Waals surface area contributed by atoms with E-state index in [1.54, 1.807) is 11.8 Å². The van der Waals surface area contributed by atoms with Crippen molar-refractivity contribution >= 4 is 34.5 Å². The van der Waals surface area contributed by atoms with E-state index in [4.69, 9.17) is 19.4 Å². The molecule has 0 aliphatic carbocycles. The molecule has 0 bridgehead atoms. The summed E-state index contributed by atoms with van der Waals surface area (Å²) in [7, 11) is 0. The van der Waals surface area contributed by atoms with Crippen LogP contribution >= 0.6 is 11.8 Å². The van der Waals surface area contributed by atoms with E-state index in [9.17, 15) is 9.59 Å². The predicted octanol–water partition coefficient (Wildman–Crippen LogP) is 5.51. The lowest BCUT2D eigenvalue weighted by Crippen LogP contribution is -2.18. The van der Waals surface area contributed by atoms with Crippen LogP contribution in [0.15, 0.2) is 83.3 Å². The molecule has 3 aromatic carbocycles. The van der Waals surface area contributed by atoms with Crippen LogP contribution in [0.1, 0.15) is 24.3 Å². The smallest absolute Gasteiger partial charge is 0.328 e. The summed E-state index contributed by atoms with van der Waals surface area (Å²) < 4.78 is 11.6. The molecule has 2 heterocycles. The second-order valence-electron chi connectivity index (χ2n) is 9.10. The zero-order valence-corrected chi connectivity index (χ0v) is 22.8. The molecule has 0 spiro atoms. The Balaban J connectivity index is 0.000000406. The molecule has 0 radical (unpaired) electrons. The van der Waals surface area contributed by atoms with Crippen LogP contribution in [0.25, 0.3) is 22.2 Å². The molecule has 0 unspecified atom stereocenters. The molecule has 10 heteroatoms. The molecule has 9 nitrogen and oxygen atoms in total. The third-order valence-corrected chi connectivity index (χ3v) is 6.96. The van der Waals surface area contributed by atoms with Crippen LogP contribution in [0.5, 0.6) is 5.75 Å². The van der Waals surface area contributed by atoms with Gasteiger partial charge < -0.3 is 19.4 Å². The number of carboxylic acid groups (broad SMARTS) is 2. The lowest BCUT2D eigenvalue weighted by Gasteiger charge is -2.15. The third kappa shape index (κ3) is 9.25. The number of para-hydroxylation sites is 1. The van der Waals surface area contributed by atoms with Crippen molar-refractivity contribution in [3.63, 3.8) is 0 Å². The molecule has 1 aromatic heterocycles. The highest BCUT2D eigenvalue weighted by Crippen LogP contribution is 2.26. The summed E-state index contributed by atoms with van der Waals surface area (Å²) >= 11 is 1.73. The minimum atomic E-state index is -1.26. The number of aliphatic carboxylic acids is 2. The fourth-order valence-electron chi connectivity index (χ4n) is 4.19. The summed E-state index contributed by atoms with van der Waals surface area (Å²) in [6, 6.07) is 22.9. The molecule has 1 fully saturated rings. The number of ether oxygens (including phenoxy) is 1. The number of hydrogen-bond acceptors (Lipinski definition) is 8. The molecular formula is C30H31N3O6S. The molecule has 0 atom stereocenters. The van der Waals surface area contributed by atoms with Gasteiger partial charge in [0.1, 0.15) is 5.75 Å². The maximum Gasteiger partial charge on any atom is 0.328 e. The van der Waals surface area contributed by atoms with E-state index in [-0.39, 0.29) is 0 Å². The first-order chi connectivity index (χ1) is 19.5. The number of fused-ring (bicyclic) bond motifs is 1. The van der Waals surface area contributed by atoms with Crippen LogP contribution in [0.3, 0.4) is 0 Å². The van der Waals surface area contributed by atoms with Gasteiger partial charge >= 0.3 is 11.9 Å². The number of likely N-dealkylation sites (tertiary alicyclic amines) is 1. The number of benzene rings is 3. The zero-order valence-electron chi connectivity index (χ0n) is 21.9. The topological polar surface area (TPSA) is 126 Å². The molecule has 1 aliphatic heterocycles. The van der Waals surface area contributed by atoms with Crippen LogP contribution < -0.4 is 4.74 Å². The fraction of sp³-hybridized carbons (Fsp3) is 0.267. The Kier molecular flexibility index (Phi) is 10.7. The van der Waals surface area contributed by atoms with Crippen molar-refractivity contribution in [3.05, 3.63) is 90.3 Å². The summed E-state index contributed by atoms with van der Waals surface area (Å²) in [5.41, 5.74) is 2.33. The predicted molar refractivity (Wildman–Crippen MR) is 154 cm³/mol. The Hall–Kier alpha value is -4.15. The Bertz CT molecular complexity index is 1420. The zero-order chi connectivity index (χ0) is 28.2. The van der Waals surface area contributed by atoms with Crippen molar-refractivity contribution in [3.8, 4) is 17.2 Å². The second-order valence-corrected chi connectivity index (χ2v) is 10.2. The van der Waals surface area contributed by atoms with E-state index >= 15 is 0 Å². The van der Waals surface area contributed by atoms with Crippen LogP contribution in [-0.2, 0) is 21.9 Å². The molecule has 1 aliphatic rings. The molecule has 40 heavy (non-hydrogen) atoms. The van der Waals surface area contributed by atoms with E-state index < -0.39 is 11.9 Å². The quantitative estimate of drug-likeness (QED) is 0.179. The summed E-state index contributed by atoms with van der Waals surface area (Å²) in [6.45, 7) is 4.13.